The van der Waals surface area contributed by atoms with Crippen LogP contribution in [-0.4, -0.2) is 31.2 Å². The van der Waals surface area contributed by atoms with E-state index in [0.29, 0.717) is 10.6 Å². The van der Waals surface area contributed by atoms with Crippen LogP contribution in [0.25, 0.3) is 0 Å². The van der Waals surface area contributed by atoms with Crippen LogP contribution in [-0.2, 0) is 10.0 Å². The molecule has 132 valence electrons. The molecule has 0 unspecified atom stereocenters. The number of nitrogens with zero attached hydrogens (tertiary/aromatic N) is 3. The zero-order valence-electron chi connectivity index (χ0n) is 14.5. The summed E-state index contributed by atoms with van der Waals surface area (Å²) in [5, 5.41) is 3.21. The van der Waals surface area contributed by atoms with Crippen molar-refractivity contribution in [3.63, 3.8) is 0 Å². The van der Waals surface area contributed by atoms with Crippen LogP contribution >= 0.6 is 11.3 Å². The van der Waals surface area contributed by atoms with Crippen LogP contribution in [0.5, 0.6) is 0 Å². The quantitative estimate of drug-likeness (QED) is 0.808. The van der Waals surface area contributed by atoms with Gasteiger partial charge in [0.1, 0.15) is 5.00 Å². The lowest BCUT2D eigenvalue weighted by Gasteiger charge is -2.25. The van der Waals surface area contributed by atoms with Crippen molar-refractivity contribution in [2.24, 2.45) is 0 Å². The minimum absolute atomic E-state index is 0.250. The number of aryl methyl sites for hydroxylation is 3. The Kier molecular flexibility index (Phi) is 4.16. The van der Waals surface area contributed by atoms with Gasteiger partial charge in [-0.3, -0.25) is 9.10 Å². The van der Waals surface area contributed by atoms with E-state index in [1.54, 1.807) is 6.07 Å². The van der Waals surface area contributed by atoms with Crippen LogP contribution in [0.2, 0.25) is 0 Å². The number of hydrogen-bond acceptors (Lipinski definition) is 7. The minimum Gasteiger partial charge on any atom is -0.329 e. The molecule has 3 rings (SSSR count). The molecule has 3 heterocycles. The van der Waals surface area contributed by atoms with Crippen LogP contribution in [0.3, 0.4) is 0 Å². The van der Waals surface area contributed by atoms with Gasteiger partial charge in [-0.25, -0.2) is 18.4 Å². The molecular formula is C16H18N4O3S2. The molecule has 2 aromatic heterocycles. The van der Waals surface area contributed by atoms with E-state index in [-0.39, 0.29) is 10.9 Å². The summed E-state index contributed by atoms with van der Waals surface area (Å²) in [7, 11) is -2.47. The van der Waals surface area contributed by atoms with E-state index in [1.807, 2.05) is 27.7 Å². The largest absolute Gasteiger partial charge is 0.329 e. The van der Waals surface area contributed by atoms with Gasteiger partial charge in [-0.1, -0.05) is 0 Å². The van der Waals surface area contributed by atoms with E-state index >= 15 is 0 Å². The molecule has 0 fully saturated rings. The van der Waals surface area contributed by atoms with E-state index in [2.05, 4.69) is 15.3 Å². The van der Waals surface area contributed by atoms with E-state index < -0.39 is 15.8 Å². The van der Waals surface area contributed by atoms with Crippen LogP contribution in [0.1, 0.15) is 32.2 Å². The van der Waals surface area contributed by atoms with Gasteiger partial charge in [0.25, 0.3) is 10.0 Å². The van der Waals surface area contributed by atoms with Crippen molar-refractivity contribution >= 4 is 38.1 Å². The second-order valence-electron chi connectivity index (χ2n) is 5.89. The summed E-state index contributed by atoms with van der Waals surface area (Å²) < 4.78 is 26.6. The van der Waals surface area contributed by atoms with Gasteiger partial charge >= 0.3 is 0 Å². The molecule has 0 aromatic carbocycles. The normalized spacial score (nSPS) is 17.7. The lowest BCUT2D eigenvalue weighted by atomic mass is 10.1. The first-order valence-electron chi connectivity index (χ1n) is 7.55. The number of carbonyl (C=O) groups excluding carboxylic acids is 1. The molecular weight excluding hydrogens is 360 g/mol. The monoisotopic (exact) mass is 378 g/mol. The number of sulfonamides is 1. The maximum Gasteiger partial charge on any atom is 0.270 e. The number of hydrogen-bond donors (Lipinski definition) is 1. The topological polar surface area (TPSA) is 92.3 Å². The van der Waals surface area contributed by atoms with Gasteiger partial charge in [0.2, 0.25) is 11.7 Å². The van der Waals surface area contributed by atoms with Crippen LogP contribution in [0.15, 0.2) is 17.2 Å². The number of ketones is 1. The van der Waals surface area contributed by atoms with Crippen molar-refractivity contribution in [3.05, 3.63) is 44.6 Å². The van der Waals surface area contributed by atoms with Gasteiger partial charge < -0.3 is 5.32 Å². The third-order valence-electron chi connectivity index (χ3n) is 4.06. The molecule has 1 N–H and O–H groups in total. The highest BCUT2D eigenvalue weighted by atomic mass is 32.2. The van der Waals surface area contributed by atoms with Gasteiger partial charge in [0.05, 0.1) is 5.56 Å². The zero-order chi connectivity index (χ0) is 18.5. The maximum absolute atomic E-state index is 12.8. The number of thiophene rings is 1. The molecule has 0 radical (unpaired) electrons. The van der Waals surface area contributed by atoms with E-state index in [1.165, 1.54) is 24.6 Å². The fourth-order valence-electron chi connectivity index (χ4n) is 2.66. The van der Waals surface area contributed by atoms with E-state index in [4.69, 9.17) is 0 Å². The number of Topliss-reactive ketones (excluding diaryl/α,β-unsaturated/α-hetero) is 1. The second-order valence-corrected chi connectivity index (χ2v) is 9.03. The van der Waals surface area contributed by atoms with Crippen molar-refractivity contribution in [2.75, 3.05) is 16.7 Å². The third-order valence-corrected chi connectivity index (χ3v) is 7.22. The fourth-order valence-corrected chi connectivity index (χ4v) is 5.23. The molecule has 0 saturated heterocycles. The lowest BCUT2D eigenvalue weighted by Crippen LogP contribution is -2.36. The van der Waals surface area contributed by atoms with Gasteiger partial charge in [0, 0.05) is 29.5 Å². The Morgan fingerprint density at radius 3 is 2.36 bits per heavy atom. The molecule has 0 aliphatic carbocycles. The van der Waals surface area contributed by atoms with Crippen LogP contribution in [0.4, 0.5) is 10.9 Å². The Balaban J connectivity index is 2.09. The molecule has 9 heteroatoms. The highest BCUT2D eigenvalue weighted by Crippen LogP contribution is 2.42. The van der Waals surface area contributed by atoms with Gasteiger partial charge in [0.15, 0.2) is 4.91 Å². The number of anilines is 2. The predicted octanol–water partition coefficient (Wildman–Crippen LogP) is 2.69. The Bertz CT molecular complexity index is 1000. The molecule has 0 atom stereocenters. The summed E-state index contributed by atoms with van der Waals surface area (Å²) in [6, 6.07) is 1.80. The van der Waals surface area contributed by atoms with Gasteiger partial charge in [-0.15, -0.1) is 11.3 Å². The summed E-state index contributed by atoms with van der Waals surface area (Å²) in [5.41, 5.74) is 2.74. The molecule has 0 amide bonds. The van der Waals surface area contributed by atoms with E-state index in [9.17, 15) is 13.2 Å². The van der Waals surface area contributed by atoms with Crippen molar-refractivity contribution in [3.8, 4) is 0 Å². The second kappa shape index (κ2) is 5.92. The molecule has 0 spiro atoms. The van der Waals surface area contributed by atoms with Gasteiger partial charge in [-0.2, -0.15) is 0 Å². The number of allylic oxidation sites excluding steroid dienone is 1. The highest BCUT2D eigenvalue weighted by Gasteiger charge is 2.41. The first-order valence-corrected chi connectivity index (χ1v) is 9.81. The predicted molar refractivity (Wildman–Crippen MR) is 98.7 cm³/mol. The molecule has 0 bridgehead atoms. The lowest BCUT2D eigenvalue weighted by molar-refractivity contribution is 0.104. The number of aromatic nitrogens is 2. The first kappa shape index (κ1) is 17.6. The minimum atomic E-state index is -3.92. The van der Waals surface area contributed by atoms with Crippen molar-refractivity contribution in [1.29, 1.82) is 0 Å². The summed E-state index contributed by atoms with van der Waals surface area (Å²) in [6.45, 7) is 7.32. The Hall–Kier alpha value is -2.26. The fraction of sp³-hybridized carbons (Fsp3) is 0.312. The van der Waals surface area contributed by atoms with Crippen molar-refractivity contribution in [2.45, 2.75) is 27.7 Å². The summed E-state index contributed by atoms with van der Waals surface area (Å²) in [6.07, 6.45) is 1.18. The molecule has 1 aliphatic heterocycles. The van der Waals surface area contributed by atoms with Crippen molar-refractivity contribution < 1.29 is 13.2 Å². The summed E-state index contributed by atoms with van der Waals surface area (Å²) in [5.74, 6) is -0.258. The number of nitrogens with one attached hydrogen (secondary N) is 1. The molecule has 7 nitrogen and oxygen atoms in total. The van der Waals surface area contributed by atoms with E-state index in [0.717, 1.165) is 26.1 Å². The standard InChI is InChI=1S/C16H18N4O3S2/c1-8-6-9(2)19-16(18-8)17-7-12-14(21)13-10(3)11(4)24-15(13)20(5)25(12,22)23/h6-7H,1-5H3,(H,17,18,19)/b12-7-. The Morgan fingerprint density at radius 1 is 1.16 bits per heavy atom. The number of carbonyl (C=O) groups is 1. The maximum atomic E-state index is 12.8. The number of fused-ring (bicyclic) bond motifs is 1. The molecule has 0 saturated carbocycles. The first-order chi connectivity index (χ1) is 11.6. The average Bonchev–Trinajstić information content (AvgIpc) is 2.80. The van der Waals surface area contributed by atoms with Crippen LogP contribution < -0.4 is 9.62 Å². The Morgan fingerprint density at radius 2 is 1.76 bits per heavy atom. The van der Waals surface area contributed by atoms with Crippen LogP contribution in [0, 0.1) is 27.7 Å². The zero-order valence-corrected chi connectivity index (χ0v) is 16.2. The highest BCUT2D eigenvalue weighted by molar-refractivity contribution is 7.98. The summed E-state index contributed by atoms with van der Waals surface area (Å²) in [4.78, 5) is 21.8. The molecule has 1 aliphatic rings. The number of rotatable bonds is 2. The smallest absolute Gasteiger partial charge is 0.270 e. The SMILES string of the molecule is Cc1cc(C)nc(N/C=C2/C(=O)c3c(sc(C)c3C)N(C)S2(=O)=O)n1. The van der Waals surface area contributed by atoms with Gasteiger partial charge in [-0.05, 0) is 39.3 Å². The summed E-state index contributed by atoms with van der Waals surface area (Å²) >= 11 is 1.30. The Labute approximate surface area is 150 Å². The third kappa shape index (κ3) is 2.83. The molecule has 2 aromatic rings. The average molecular weight is 378 g/mol. The van der Waals surface area contributed by atoms with Crippen molar-refractivity contribution in [1.82, 2.24) is 9.97 Å². The molecule has 25 heavy (non-hydrogen) atoms.